The zero-order valence-corrected chi connectivity index (χ0v) is 17.2. The van der Waals surface area contributed by atoms with Crippen molar-refractivity contribution in [3.63, 3.8) is 0 Å². The van der Waals surface area contributed by atoms with Gasteiger partial charge in [0, 0.05) is 18.2 Å². The number of nitrogens with zero attached hydrogens (tertiary/aromatic N) is 2. The van der Waals surface area contributed by atoms with Gasteiger partial charge in [0.15, 0.2) is 17.4 Å². The third-order valence-electron chi connectivity index (χ3n) is 4.86. The summed E-state index contributed by atoms with van der Waals surface area (Å²) in [5, 5.41) is 5.59. The van der Waals surface area contributed by atoms with Crippen molar-refractivity contribution in [1.82, 2.24) is 9.61 Å². The topological polar surface area (TPSA) is 60.7 Å². The summed E-state index contributed by atoms with van der Waals surface area (Å²) in [7, 11) is 1.16. The molecule has 0 unspecified atom stereocenters. The molecule has 9 heteroatoms. The third kappa shape index (κ3) is 3.61. The SMILES string of the molecule is COC(=O)c1c(CC(=O)c2cc3c(F)cccn3n2)csc1-c1ccc(C)c(F)c1F. The summed E-state index contributed by atoms with van der Waals surface area (Å²) in [6.07, 6.45) is 1.26. The summed E-state index contributed by atoms with van der Waals surface area (Å²) in [6, 6.07) is 6.81. The van der Waals surface area contributed by atoms with E-state index < -0.39 is 29.2 Å². The number of ketones is 1. The minimum Gasteiger partial charge on any atom is -0.465 e. The average Bonchev–Trinajstić information content (AvgIpc) is 3.37. The molecule has 3 heterocycles. The summed E-state index contributed by atoms with van der Waals surface area (Å²) in [6.45, 7) is 1.43. The number of pyridine rings is 1. The van der Waals surface area contributed by atoms with Crippen molar-refractivity contribution < 1.29 is 27.5 Å². The van der Waals surface area contributed by atoms with E-state index >= 15 is 0 Å². The second kappa shape index (κ2) is 7.99. The minimum absolute atomic E-state index is 0.0150. The highest BCUT2D eigenvalue weighted by atomic mass is 32.1. The minimum atomic E-state index is -1.08. The number of rotatable bonds is 5. The van der Waals surface area contributed by atoms with Gasteiger partial charge in [-0.1, -0.05) is 12.1 Å². The summed E-state index contributed by atoms with van der Waals surface area (Å²) < 4.78 is 48.6. The van der Waals surface area contributed by atoms with Crippen molar-refractivity contribution in [2.75, 3.05) is 7.11 Å². The van der Waals surface area contributed by atoms with Crippen LogP contribution in [0.1, 0.15) is 32.0 Å². The Kier molecular flexibility index (Phi) is 5.36. The second-order valence-corrected chi connectivity index (χ2v) is 7.71. The molecule has 4 aromatic rings. The largest absolute Gasteiger partial charge is 0.465 e. The van der Waals surface area contributed by atoms with Gasteiger partial charge in [-0.3, -0.25) is 4.79 Å². The van der Waals surface area contributed by atoms with Crippen LogP contribution >= 0.6 is 11.3 Å². The van der Waals surface area contributed by atoms with Crippen LogP contribution in [-0.4, -0.2) is 28.5 Å². The highest BCUT2D eigenvalue weighted by Crippen LogP contribution is 2.37. The number of ether oxygens (including phenoxy) is 1. The number of Topliss-reactive ketones (excluding diaryl/α,β-unsaturated/α-hetero) is 1. The first-order valence-corrected chi connectivity index (χ1v) is 10.0. The normalized spacial score (nSPS) is 11.1. The summed E-state index contributed by atoms with van der Waals surface area (Å²) in [5.41, 5.74) is 0.463. The Morgan fingerprint density at radius 3 is 2.65 bits per heavy atom. The standard InChI is InChI=1S/C22H15F3N2O3S/c1-11-5-6-13(20(25)19(11)24)21-18(22(29)30-2)12(10-31-21)8-17(28)15-9-16-14(23)4-3-7-27(16)26-15/h3-7,9-10H,8H2,1-2H3. The van der Waals surface area contributed by atoms with Gasteiger partial charge in [0.1, 0.15) is 17.0 Å². The van der Waals surface area contributed by atoms with Crippen molar-refractivity contribution >= 4 is 28.6 Å². The molecule has 0 amide bonds. The van der Waals surface area contributed by atoms with E-state index in [2.05, 4.69) is 5.10 Å². The number of aromatic nitrogens is 2. The van der Waals surface area contributed by atoms with Gasteiger partial charge in [-0.2, -0.15) is 5.10 Å². The van der Waals surface area contributed by atoms with Crippen LogP contribution in [0.3, 0.4) is 0 Å². The highest BCUT2D eigenvalue weighted by Gasteiger charge is 2.26. The van der Waals surface area contributed by atoms with E-state index in [1.807, 2.05) is 0 Å². The molecule has 0 N–H and O–H groups in total. The third-order valence-corrected chi connectivity index (χ3v) is 5.93. The van der Waals surface area contributed by atoms with E-state index in [4.69, 9.17) is 4.74 Å². The fourth-order valence-corrected chi connectivity index (χ4v) is 4.33. The van der Waals surface area contributed by atoms with Crippen LogP contribution in [0.15, 0.2) is 41.9 Å². The molecule has 5 nitrogen and oxygen atoms in total. The van der Waals surface area contributed by atoms with Gasteiger partial charge in [-0.25, -0.2) is 22.5 Å². The molecule has 0 fully saturated rings. The van der Waals surface area contributed by atoms with Gasteiger partial charge in [0.05, 0.1) is 17.6 Å². The number of carbonyl (C=O) groups excluding carboxylic acids is 2. The smallest absolute Gasteiger partial charge is 0.339 e. The lowest BCUT2D eigenvalue weighted by Gasteiger charge is -2.08. The van der Waals surface area contributed by atoms with E-state index in [1.54, 1.807) is 0 Å². The predicted octanol–water partition coefficient (Wildman–Crippen LogP) is 5.00. The molecule has 0 spiro atoms. The van der Waals surface area contributed by atoms with E-state index in [-0.39, 0.29) is 44.8 Å². The van der Waals surface area contributed by atoms with Crippen LogP contribution in [0.5, 0.6) is 0 Å². The van der Waals surface area contributed by atoms with E-state index in [1.165, 1.54) is 53.3 Å². The Hall–Kier alpha value is -3.46. The van der Waals surface area contributed by atoms with Crippen LogP contribution in [0.25, 0.3) is 16.0 Å². The maximum Gasteiger partial charge on any atom is 0.339 e. The molecular weight excluding hydrogens is 429 g/mol. The average molecular weight is 444 g/mol. The first-order valence-electron chi connectivity index (χ1n) is 9.12. The second-order valence-electron chi connectivity index (χ2n) is 6.83. The van der Waals surface area contributed by atoms with Crippen LogP contribution in [0.2, 0.25) is 0 Å². The number of hydrogen-bond donors (Lipinski definition) is 0. The zero-order chi connectivity index (χ0) is 22.3. The number of hydrogen-bond acceptors (Lipinski definition) is 5. The molecule has 31 heavy (non-hydrogen) atoms. The Morgan fingerprint density at radius 1 is 1.16 bits per heavy atom. The van der Waals surface area contributed by atoms with Crippen LogP contribution in [0.4, 0.5) is 13.2 Å². The fourth-order valence-electron chi connectivity index (χ4n) is 3.25. The van der Waals surface area contributed by atoms with Gasteiger partial charge >= 0.3 is 5.97 Å². The van der Waals surface area contributed by atoms with E-state index in [9.17, 15) is 22.8 Å². The molecule has 0 aliphatic heterocycles. The van der Waals surface area contributed by atoms with Crippen LogP contribution in [0, 0.1) is 24.4 Å². The molecule has 158 valence electrons. The van der Waals surface area contributed by atoms with Crippen molar-refractivity contribution in [3.8, 4) is 10.4 Å². The molecule has 0 bridgehead atoms. The number of benzene rings is 1. The highest BCUT2D eigenvalue weighted by molar-refractivity contribution is 7.14. The Bertz CT molecular complexity index is 1340. The monoisotopic (exact) mass is 444 g/mol. The number of aryl methyl sites for hydroxylation is 1. The number of carbonyl (C=O) groups is 2. The molecule has 0 radical (unpaired) electrons. The maximum atomic E-state index is 14.6. The van der Waals surface area contributed by atoms with Gasteiger partial charge in [0.2, 0.25) is 0 Å². The number of esters is 1. The van der Waals surface area contributed by atoms with Crippen molar-refractivity contribution in [2.45, 2.75) is 13.3 Å². The summed E-state index contributed by atoms with van der Waals surface area (Å²) in [5.74, 6) is -3.86. The van der Waals surface area contributed by atoms with Gasteiger partial charge in [-0.05, 0) is 41.6 Å². The number of thiophene rings is 1. The van der Waals surface area contributed by atoms with Crippen molar-refractivity contribution in [3.05, 3.63) is 81.7 Å². The molecule has 0 saturated heterocycles. The first-order chi connectivity index (χ1) is 14.8. The zero-order valence-electron chi connectivity index (χ0n) is 16.4. The Labute approximate surface area is 178 Å². The molecule has 1 aromatic carbocycles. The predicted molar refractivity (Wildman–Crippen MR) is 109 cm³/mol. The fraction of sp³-hybridized carbons (Fsp3) is 0.136. The summed E-state index contributed by atoms with van der Waals surface area (Å²) in [4.78, 5) is 25.4. The van der Waals surface area contributed by atoms with Crippen molar-refractivity contribution in [1.29, 1.82) is 0 Å². The quantitative estimate of drug-likeness (QED) is 0.321. The Morgan fingerprint density at radius 2 is 1.94 bits per heavy atom. The maximum absolute atomic E-state index is 14.6. The molecule has 0 saturated carbocycles. The van der Waals surface area contributed by atoms with Crippen LogP contribution < -0.4 is 0 Å². The number of methoxy groups -OCH3 is 1. The number of fused-ring (bicyclic) bond motifs is 1. The Balaban J connectivity index is 1.75. The molecule has 0 atom stereocenters. The molecular formula is C22H15F3N2O3S. The van der Waals surface area contributed by atoms with Crippen molar-refractivity contribution in [2.24, 2.45) is 0 Å². The van der Waals surface area contributed by atoms with Gasteiger partial charge in [0.25, 0.3) is 0 Å². The number of halogens is 3. The molecule has 0 aliphatic carbocycles. The lowest BCUT2D eigenvalue weighted by Crippen LogP contribution is -2.10. The lowest BCUT2D eigenvalue weighted by molar-refractivity contribution is 0.0601. The molecule has 4 rings (SSSR count). The van der Waals surface area contributed by atoms with E-state index in [0.717, 1.165) is 18.4 Å². The molecule has 3 aromatic heterocycles. The lowest BCUT2D eigenvalue weighted by atomic mass is 10.00. The molecule has 0 aliphatic rings. The summed E-state index contributed by atoms with van der Waals surface area (Å²) >= 11 is 1.00. The van der Waals surface area contributed by atoms with Gasteiger partial charge < -0.3 is 4.74 Å². The first kappa shape index (κ1) is 20.8. The van der Waals surface area contributed by atoms with Gasteiger partial charge in [-0.15, -0.1) is 11.3 Å². The van der Waals surface area contributed by atoms with E-state index in [0.29, 0.717) is 0 Å². The van der Waals surface area contributed by atoms with Crippen LogP contribution in [-0.2, 0) is 11.2 Å².